The average molecular weight is 418 g/mol. The number of thiazole rings is 1. The second kappa shape index (κ2) is 8.69. The first-order valence-electron chi connectivity index (χ1n) is 10.6. The van der Waals surface area contributed by atoms with Crippen LogP contribution in [0.25, 0.3) is 4.96 Å². The Morgan fingerprint density at radius 2 is 1.86 bits per heavy atom. The molecule has 156 valence electrons. The van der Waals surface area contributed by atoms with Crippen LogP contribution in [0, 0.1) is 0 Å². The van der Waals surface area contributed by atoms with E-state index < -0.39 is 0 Å². The minimum absolute atomic E-state index is 0.0719. The molecule has 0 unspecified atom stereocenters. The molecule has 1 fully saturated rings. The highest BCUT2D eigenvalue weighted by atomic mass is 32.1. The summed E-state index contributed by atoms with van der Waals surface area (Å²) in [6, 6.07) is 8.40. The van der Waals surface area contributed by atoms with Crippen LogP contribution in [0.3, 0.4) is 0 Å². The van der Waals surface area contributed by atoms with Gasteiger partial charge in [-0.2, -0.15) is 4.52 Å². The Labute approximate surface area is 175 Å². The molecular weight excluding hydrogens is 386 g/mol. The number of piperazine rings is 1. The van der Waals surface area contributed by atoms with Crippen molar-refractivity contribution in [2.24, 2.45) is 0 Å². The monoisotopic (exact) mass is 417 g/mol. The van der Waals surface area contributed by atoms with Crippen LogP contribution >= 0.6 is 11.3 Å². The van der Waals surface area contributed by atoms with Crippen LogP contribution in [-0.4, -0.2) is 59.0 Å². The molecule has 4 rings (SSSR count). The van der Waals surface area contributed by atoms with Gasteiger partial charge in [-0.1, -0.05) is 18.3 Å². The second-order valence-electron chi connectivity index (χ2n) is 7.56. The number of hydrogen-bond donors (Lipinski definition) is 3. The van der Waals surface area contributed by atoms with Crippen LogP contribution in [-0.2, 0) is 6.42 Å². The van der Waals surface area contributed by atoms with Gasteiger partial charge in [0, 0.05) is 12.0 Å². The fourth-order valence-electron chi connectivity index (χ4n) is 4.19. The molecule has 1 aliphatic rings. The number of ether oxygens (including phenoxy) is 1. The summed E-state index contributed by atoms with van der Waals surface area (Å²) >= 11 is 1.56. The number of nitrogens with one attached hydrogen (secondary N) is 2. The first-order valence-corrected chi connectivity index (χ1v) is 11.4. The molecule has 2 aromatic heterocycles. The topological polar surface area (TPSA) is 68.5 Å². The predicted molar refractivity (Wildman–Crippen MR) is 113 cm³/mol. The molecular formula is C21H31N5O2S+2. The number of aromatic hydroxyl groups is 1. The molecule has 29 heavy (non-hydrogen) atoms. The Morgan fingerprint density at radius 3 is 2.45 bits per heavy atom. The Bertz CT molecular complexity index is 944. The van der Waals surface area contributed by atoms with E-state index in [1.165, 1.54) is 17.0 Å². The Balaban J connectivity index is 1.72. The number of quaternary nitrogens is 2. The van der Waals surface area contributed by atoms with Crippen LogP contribution < -0.4 is 14.5 Å². The molecule has 3 N–H and O–H groups in total. The van der Waals surface area contributed by atoms with Crippen molar-refractivity contribution in [3.63, 3.8) is 0 Å². The molecule has 1 aliphatic heterocycles. The van der Waals surface area contributed by atoms with Gasteiger partial charge in [-0.15, -0.1) is 5.10 Å². The molecule has 0 amide bonds. The number of benzene rings is 1. The molecule has 0 aliphatic carbocycles. The molecule has 8 heteroatoms. The summed E-state index contributed by atoms with van der Waals surface area (Å²) in [4.78, 5) is 9.43. The van der Waals surface area contributed by atoms with Gasteiger partial charge in [0.2, 0.25) is 10.8 Å². The summed E-state index contributed by atoms with van der Waals surface area (Å²) in [6.07, 6.45) is 0.762. The highest BCUT2D eigenvalue weighted by Crippen LogP contribution is 2.35. The molecule has 0 radical (unpaired) electrons. The third-order valence-electron chi connectivity index (χ3n) is 5.85. The summed E-state index contributed by atoms with van der Waals surface area (Å²) in [6.45, 7) is 12.6. The first kappa shape index (κ1) is 20.1. The van der Waals surface area contributed by atoms with Crippen LogP contribution in [0.5, 0.6) is 11.6 Å². The van der Waals surface area contributed by atoms with E-state index in [0.717, 1.165) is 54.0 Å². The zero-order valence-electron chi connectivity index (χ0n) is 17.4. The van der Waals surface area contributed by atoms with E-state index in [1.807, 2.05) is 26.0 Å². The molecule has 1 aromatic carbocycles. The molecule has 1 saturated heterocycles. The quantitative estimate of drug-likeness (QED) is 0.519. The number of rotatable bonds is 7. The third kappa shape index (κ3) is 3.97. The van der Waals surface area contributed by atoms with E-state index >= 15 is 0 Å². The standard InChI is InChI=1S/C21H29N5O2S/c1-4-17-22-21-26(23-17)20(27)19(29-21)18(25-13-11-24(5-2)12-14-25)15-7-9-16(10-8-15)28-6-3/h7-10,18,27H,4-6,11-14H2,1-3H3/p+2/t18-/m0/s1. The minimum Gasteiger partial charge on any atom is -0.494 e. The number of fused-ring (bicyclic) bond motifs is 1. The zero-order chi connectivity index (χ0) is 20.4. The molecule has 0 saturated carbocycles. The Kier molecular flexibility index (Phi) is 6.03. The third-order valence-corrected chi connectivity index (χ3v) is 6.94. The highest BCUT2D eigenvalue weighted by Gasteiger charge is 2.35. The number of hydrogen-bond acceptors (Lipinski definition) is 5. The SMILES string of the molecule is CCOc1ccc([C@@H](c2sc3nc(CC)nn3c2O)[NH+]2CC[NH+](CC)CC2)cc1. The number of nitrogens with zero attached hydrogens (tertiary/aromatic N) is 3. The summed E-state index contributed by atoms with van der Waals surface area (Å²) < 4.78 is 7.23. The van der Waals surface area contributed by atoms with Gasteiger partial charge in [0.1, 0.15) is 36.8 Å². The lowest BCUT2D eigenvalue weighted by Crippen LogP contribution is -3.28. The zero-order valence-corrected chi connectivity index (χ0v) is 18.3. The van der Waals surface area contributed by atoms with Gasteiger partial charge in [0.05, 0.1) is 13.2 Å². The van der Waals surface area contributed by atoms with Crippen LogP contribution in [0.2, 0.25) is 0 Å². The summed E-state index contributed by atoms with van der Waals surface area (Å²) in [7, 11) is 0. The maximum Gasteiger partial charge on any atom is 0.235 e. The van der Waals surface area contributed by atoms with Crippen molar-refractivity contribution < 1.29 is 19.6 Å². The van der Waals surface area contributed by atoms with Crippen molar-refractivity contribution in [2.45, 2.75) is 33.2 Å². The van der Waals surface area contributed by atoms with E-state index in [9.17, 15) is 5.11 Å². The molecule has 3 heterocycles. The van der Waals surface area contributed by atoms with Gasteiger partial charge in [0.25, 0.3) is 0 Å². The van der Waals surface area contributed by atoms with Crippen molar-refractivity contribution in [3.05, 3.63) is 40.5 Å². The van der Waals surface area contributed by atoms with E-state index in [-0.39, 0.29) is 11.9 Å². The fourth-order valence-corrected chi connectivity index (χ4v) is 5.35. The lowest BCUT2D eigenvalue weighted by Gasteiger charge is -2.34. The van der Waals surface area contributed by atoms with E-state index in [0.29, 0.717) is 6.61 Å². The van der Waals surface area contributed by atoms with E-state index in [1.54, 1.807) is 20.8 Å². The van der Waals surface area contributed by atoms with E-state index in [4.69, 9.17) is 4.74 Å². The van der Waals surface area contributed by atoms with Crippen LogP contribution in [0.4, 0.5) is 0 Å². The lowest BCUT2D eigenvalue weighted by atomic mass is 10.0. The maximum atomic E-state index is 11.0. The summed E-state index contributed by atoms with van der Waals surface area (Å²) in [5, 5.41) is 15.5. The molecule has 7 nitrogen and oxygen atoms in total. The lowest BCUT2D eigenvalue weighted by molar-refractivity contribution is -1.02. The maximum absolute atomic E-state index is 11.0. The normalized spacial score (nSPS) is 20.8. The van der Waals surface area contributed by atoms with Crippen molar-refractivity contribution in [2.75, 3.05) is 39.3 Å². The largest absolute Gasteiger partial charge is 0.494 e. The smallest absolute Gasteiger partial charge is 0.235 e. The van der Waals surface area contributed by atoms with Crippen LogP contribution in [0.15, 0.2) is 24.3 Å². The molecule has 0 spiro atoms. The van der Waals surface area contributed by atoms with Crippen molar-refractivity contribution in [3.8, 4) is 11.6 Å². The summed E-state index contributed by atoms with van der Waals surface area (Å²) in [5.41, 5.74) is 1.19. The Morgan fingerprint density at radius 1 is 1.14 bits per heavy atom. The van der Waals surface area contributed by atoms with Gasteiger partial charge in [0.15, 0.2) is 11.9 Å². The summed E-state index contributed by atoms with van der Waals surface area (Å²) in [5.74, 6) is 1.88. The minimum atomic E-state index is 0.0719. The molecule has 3 aromatic rings. The fraction of sp³-hybridized carbons (Fsp3) is 0.524. The van der Waals surface area contributed by atoms with Crippen molar-refractivity contribution in [1.29, 1.82) is 0 Å². The highest BCUT2D eigenvalue weighted by molar-refractivity contribution is 7.17. The first-order chi connectivity index (χ1) is 14.1. The molecule has 0 bridgehead atoms. The number of aromatic nitrogens is 3. The van der Waals surface area contributed by atoms with Crippen LogP contribution in [0.1, 0.15) is 43.1 Å². The number of aryl methyl sites for hydroxylation is 1. The molecule has 1 atom stereocenters. The van der Waals surface area contributed by atoms with Crippen molar-refractivity contribution >= 4 is 16.3 Å². The number of likely N-dealkylation sites (N-methyl/N-ethyl adjacent to an activating group) is 1. The van der Waals surface area contributed by atoms with Gasteiger partial charge in [-0.25, -0.2) is 4.98 Å². The Hall–Kier alpha value is -2.16. The van der Waals surface area contributed by atoms with Gasteiger partial charge in [-0.3, -0.25) is 0 Å². The van der Waals surface area contributed by atoms with Gasteiger partial charge in [-0.05, 0) is 38.1 Å². The predicted octanol–water partition coefficient (Wildman–Crippen LogP) is 0.350. The van der Waals surface area contributed by atoms with Crippen molar-refractivity contribution in [1.82, 2.24) is 14.6 Å². The van der Waals surface area contributed by atoms with E-state index in [2.05, 4.69) is 29.1 Å². The second-order valence-corrected chi connectivity index (χ2v) is 8.57. The van der Waals surface area contributed by atoms with Gasteiger partial charge < -0.3 is 19.6 Å². The average Bonchev–Trinajstić information content (AvgIpc) is 3.29. The van der Waals surface area contributed by atoms with Gasteiger partial charge >= 0.3 is 0 Å².